The summed E-state index contributed by atoms with van der Waals surface area (Å²) in [6.07, 6.45) is 2.20. The van der Waals surface area contributed by atoms with Crippen molar-refractivity contribution < 1.29 is 4.79 Å². The van der Waals surface area contributed by atoms with E-state index < -0.39 is 0 Å². The lowest BCUT2D eigenvalue weighted by molar-refractivity contribution is 0.167. The molecule has 4 nitrogen and oxygen atoms in total. The molecule has 1 aromatic carbocycles. The van der Waals surface area contributed by atoms with Crippen LogP contribution in [0.3, 0.4) is 0 Å². The largest absolute Gasteiger partial charge is 0.325 e. The fraction of sp³-hybridized carbons (Fsp3) is 0.588. The maximum atomic E-state index is 12.3. The van der Waals surface area contributed by atoms with Gasteiger partial charge in [-0.2, -0.15) is 0 Å². The first kappa shape index (κ1) is 15.8. The topological polar surface area (TPSA) is 58.4 Å². The van der Waals surface area contributed by atoms with Crippen molar-refractivity contribution in [3.63, 3.8) is 0 Å². The lowest BCUT2D eigenvalue weighted by atomic mass is 9.87. The summed E-state index contributed by atoms with van der Waals surface area (Å²) in [7, 11) is 0. The average Bonchev–Trinajstić information content (AvgIpc) is 2.47. The van der Waals surface area contributed by atoms with Crippen LogP contribution in [0.5, 0.6) is 0 Å². The highest BCUT2D eigenvalue weighted by Gasteiger charge is 2.24. The van der Waals surface area contributed by atoms with Gasteiger partial charge in [-0.15, -0.1) is 0 Å². The first-order valence-corrected chi connectivity index (χ1v) is 7.89. The standard InChI is InChI=1S/C17H27N3O/c1-12(2)14-7-9-20(10-8-14)17(21)19-16-6-4-5-15(11-16)13(3)18/h4-6,11-14H,7-10,18H2,1-3H3,(H,19,21). The summed E-state index contributed by atoms with van der Waals surface area (Å²) in [6.45, 7) is 8.17. The molecular formula is C17H27N3O. The molecule has 1 aliphatic heterocycles. The highest BCUT2D eigenvalue weighted by molar-refractivity contribution is 5.89. The second-order valence-electron chi connectivity index (χ2n) is 6.41. The van der Waals surface area contributed by atoms with Crippen LogP contribution in [0.25, 0.3) is 0 Å². The molecule has 0 radical (unpaired) electrons. The predicted molar refractivity (Wildman–Crippen MR) is 87.2 cm³/mol. The second kappa shape index (κ2) is 6.94. The number of nitrogens with zero attached hydrogens (tertiary/aromatic N) is 1. The molecule has 3 N–H and O–H groups in total. The zero-order valence-electron chi connectivity index (χ0n) is 13.3. The summed E-state index contributed by atoms with van der Waals surface area (Å²) in [6, 6.07) is 7.74. The molecule has 1 unspecified atom stereocenters. The number of piperidine rings is 1. The third-order valence-electron chi connectivity index (χ3n) is 4.43. The number of urea groups is 1. The molecule has 0 saturated carbocycles. The van der Waals surface area contributed by atoms with Gasteiger partial charge in [-0.25, -0.2) is 4.79 Å². The van der Waals surface area contributed by atoms with Gasteiger partial charge in [0.25, 0.3) is 0 Å². The highest BCUT2D eigenvalue weighted by Crippen LogP contribution is 2.25. The summed E-state index contributed by atoms with van der Waals surface area (Å²) >= 11 is 0. The van der Waals surface area contributed by atoms with E-state index >= 15 is 0 Å². The Balaban J connectivity index is 1.92. The molecule has 1 aromatic rings. The lowest BCUT2D eigenvalue weighted by Crippen LogP contribution is -2.41. The first-order chi connectivity index (χ1) is 9.97. The van der Waals surface area contributed by atoms with E-state index in [0.717, 1.165) is 43.1 Å². The van der Waals surface area contributed by atoms with Gasteiger partial charge in [0.05, 0.1) is 0 Å². The number of anilines is 1. The van der Waals surface area contributed by atoms with Gasteiger partial charge >= 0.3 is 6.03 Å². The Morgan fingerprint density at radius 1 is 1.29 bits per heavy atom. The van der Waals surface area contributed by atoms with E-state index in [-0.39, 0.29) is 12.1 Å². The minimum Gasteiger partial charge on any atom is -0.325 e. The summed E-state index contributed by atoms with van der Waals surface area (Å²) in [5, 5.41) is 2.98. The van der Waals surface area contributed by atoms with Crippen LogP contribution in [-0.4, -0.2) is 24.0 Å². The molecule has 0 spiro atoms. The number of nitrogens with two attached hydrogens (primary N) is 1. The second-order valence-corrected chi connectivity index (χ2v) is 6.41. The van der Waals surface area contributed by atoms with Gasteiger partial charge in [0.15, 0.2) is 0 Å². The third-order valence-corrected chi connectivity index (χ3v) is 4.43. The monoisotopic (exact) mass is 289 g/mol. The van der Waals surface area contributed by atoms with Crippen LogP contribution < -0.4 is 11.1 Å². The number of likely N-dealkylation sites (tertiary alicyclic amines) is 1. The van der Waals surface area contributed by atoms with Gasteiger partial charge in [0.2, 0.25) is 0 Å². The van der Waals surface area contributed by atoms with Crippen molar-refractivity contribution in [2.24, 2.45) is 17.6 Å². The van der Waals surface area contributed by atoms with Gasteiger partial charge < -0.3 is 16.0 Å². The Hall–Kier alpha value is -1.55. The molecule has 2 rings (SSSR count). The fourth-order valence-corrected chi connectivity index (χ4v) is 2.87. The third kappa shape index (κ3) is 4.21. The molecule has 1 aliphatic rings. The van der Waals surface area contributed by atoms with E-state index in [4.69, 9.17) is 5.73 Å². The number of carbonyl (C=O) groups excluding carboxylic acids is 1. The van der Waals surface area contributed by atoms with Gasteiger partial charge in [0, 0.05) is 24.8 Å². The first-order valence-electron chi connectivity index (χ1n) is 7.89. The van der Waals surface area contributed by atoms with E-state index in [1.165, 1.54) is 0 Å². The number of benzene rings is 1. The summed E-state index contributed by atoms with van der Waals surface area (Å²) in [5.74, 6) is 1.45. The van der Waals surface area contributed by atoms with Crippen LogP contribution in [0, 0.1) is 11.8 Å². The van der Waals surface area contributed by atoms with Crippen LogP contribution in [0.1, 0.15) is 45.2 Å². The average molecular weight is 289 g/mol. The normalized spacial score (nSPS) is 17.9. The molecule has 2 amide bonds. The maximum absolute atomic E-state index is 12.3. The minimum absolute atomic E-state index is 0.000898. The summed E-state index contributed by atoms with van der Waals surface area (Å²) in [4.78, 5) is 14.2. The number of hydrogen-bond acceptors (Lipinski definition) is 2. The van der Waals surface area contributed by atoms with Crippen LogP contribution in [0.2, 0.25) is 0 Å². The van der Waals surface area contributed by atoms with Crippen LogP contribution >= 0.6 is 0 Å². The van der Waals surface area contributed by atoms with Crippen molar-refractivity contribution >= 4 is 11.7 Å². The fourth-order valence-electron chi connectivity index (χ4n) is 2.87. The molecule has 21 heavy (non-hydrogen) atoms. The van der Waals surface area contributed by atoms with Crippen molar-refractivity contribution in [2.75, 3.05) is 18.4 Å². The molecule has 0 aliphatic carbocycles. The number of amides is 2. The molecule has 116 valence electrons. The summed E-state index contributed by atoms with van der Waals surface area (Å²) < 4.78 is 0. The molecule has 0 bridgehead atoms. The molecule has 4 heteroatoms. The molecular weight excluding hydrogens is 262 g/mol. The van der Waals surface area contributed by atoms with E-state index in [2.05, 4.69) is 19.2 Å². The smallest absolute Gasteiger partial charge is 0.321 e. The van der Waals surface area contributed by atoms with Crippen molar-refractivity contribution in [3.8, 4) is 0 Å². The summed E-state index contributed by atoms with van der Waals surface area (Å²) in [5.41, 5.74) is 7.73. The Morgan fingerprint density at radius 3 is 2.52 bits per heavy atom. The number of carbonyl (C=O) groups is 1. The Kier molecular flexibility index (Phi) is 5.23. The zero-order valence-corrected chi connectivity index (χ0v) is 13.3. The van der Waals surface area contributed by atoms with Crippen molar-refractivity contribution in [1.29, 1.82) is 0 Å². The minimum atomic E-state index is -0.0244. The van der Waals surface area contributed by atoms with Crippen molar-refractivity contribution in [1.82, 2.24) is 4.90 Å². The number of hydrogen-bond donors (Lipinski definition) is 2. The Bertz CT molecular complexity index is 477. The van der Waals surface area contributed by atoms with Gasteiger partial charge in [-0.05, 0) is 49.3 Å². The quantitative estimate of drug-likeness (QED) is 0.893. The van der Waals surface area contributed by atoms with E-state index in [1.807, 2.05) is 36.1 Å². The Morgan fingerprint density at radius 2 is 1.95 bits per heavy atom. The Labute approximate surface area is 127 Å². The van der Waals surface area contributed by atoms with Crippen LogP contribution in [0.4, 0.5) is 10.5 Å². The zero-order chi connectivity index (χ0) is 15.4. The molecule has 0 aromatic heterocycles. The lowest BCUT2D eigenvalue weighted by Gasteiger charge is -2.33. The maximum Gasteiger partial charge on any atom is 0.321 e. The molecule has 1 fully saturated rings. The van der Waals surface area contributed by atoms with Crippen LogP contribution in [-0.2, 0) is 0 Å². The van der Waals surface area contributed by atoms with E-state index in [0.29, 0.717) is 5.92 Å². The van der Waals surface area contributed by atoms with Gasteiger partial charge in [0.1, 0.15) is 0 Å². The van der Waals surface area contributed by atoms with Gasteiger partial charge in [-0.1, -0.05) is 26.0 Å². The number of rotatable bonds is 3. The molecule has 1 saturated heterocycles. The SMILES string of the molecule is CC(N)c1cccc(NC(=O)N2CCC(C(C)C)CC2)c1. The van der Waals surface area contributed by atoms with Crippen molar-refractivity contribution in [2.45, 2.75) is 39.7 Å². The van der Waals surface area contributed by atoms with Crippen LogP contribution in [0.15, 0.2) is 24.3 Å². The number of nitrogens with one attached hydrogen (secondary N) is 1. The predicted octanol–water partition coefficient (Wildman–Crippen LogP) is 3.61. The molecule has 1 atom stereocenters. The van der Waals surface area contributed by atoms with Crippen molar-refractivity contribution in [3.05, 3.63) is 29.8 Å². The highest BCUT2D eigenvalue weighted by atomic mass is 16.2. The van der Waals surface area contributed by atoms with E-state index in [9.17, 15) is 4.79 Å². The van der Waals surface area contributed by atoms with Gasteiger partial charge in [-0.3, -0.25) is 0 Å². The molecule has 1 heterocycles. The van der Waals surface area contributed by atoms with E-state index in [1.54, 1.807) is 0 Å².